The Kier molecular flexibility index (Phi) is 4.73. The number of aromatic nitrogens is 5. The van der Waals surface area contributed by atoms with Crippen LogP contribution in [-0.2, 0) is 11.3 Å². The summed E-state index contributed by atoms with van der Waals surface area (Å²) >= 11 is 6.01. The fourth-order valence-corrected chi connectivity index (χ4v) is 4.12. The summed E-state index contributed by atoms with van der Waals surface area (Å²) in [5.74, 6) is 0.675. The molecule has 150 valence electrons. The number of morpholine rings is 1. The summed E-state index contributed by atoms with van der Waals surface area (Å²) in [6.07, 6.45) is 1.76. The molecule has 3 aromatic heterocycles. The SMILES string of the molecule is Cc1c(C)n(CCN2CCOCC2)c2ncn3nc(-c4ccc(Cl)cc4)nc3c12. The summed E-state index contributed by atoms with van der Waals surface area (Å²) in [6, 6.07) is 7.59. The monoisotopic (exact) mass is 410 g/mol. The number of nitrogens with zero attached hydrogens (tertiary/aromatic N) is 6. The van der Waals surface area contributed by atoms with E-state index in [1.165, 1.54) is 11.3 Å². The molecule has 7 nitrogen and oxygen atoms in total. The molecule has 0 unspecified atom stereocenters. The van der Waals surface area contributed by atoms with Gasteiger partial charge in [0, 0.05) is 42.5 Å². The third-order valence-electron chi connectivity index (χ3n) is 5.79. The van der Waals surface area contributed by atoms with Crippen LogP contribution in [0.1, 0.15) is 11.3 Å². The predicted octanol–water partition coefficient (Wildman–Crippen LogP) is 3.35. The number of aryl methyl sites for hydroxylation is 1. The Labute approximate surface area is 173 Å². The third-order valence-corrected chi connectivity index (χ3v) is 6.04. The number of hydrogen-bond acceptors (Lipinski definition) is 5. The van der Waals surface area contributed by atoms with Crippen molar-refractivity contribution in [3.8, 4) is 11.4 Å². The summed E-state index contributed by atoms with van der Waals surface area (Å²) in [6.45, 7) is 9.80. The van der Waals surface area contributed by atoms with E-state index in [1.54, 1.807) is 10.8 Å². The number of benzene rings is 1. The molecule has 0 N–H and O–H groups in total. The summed E-state index contributed by atoms with van der Waals surface area (Å²) in [5.41, 5.74) is 5.17. The van der Waals surface area contributed by atoms with E-state index in [2.05, 4.69) is 28.4 Å². The van der Waals surface area contributed by atoms with Crippen LogP contribution in [0.15, 0.2) is 30.6 Å². The average Bonchev–Trinajstić information content (AvgIpc) is 3.27. The Morgan fingerprint density at radius 3 is 2.55 bits per heavy atom. The summed E-state index contributed by atoms with van der Waals surface area (Å²) in [7, 11) is 0. The van der Waals surface area contributed by atoms with Gasteiger partial charge in [-0.25, -0.2) is 14.5 Å². The smallest absolute Gasteiger partial charge is 0.182 e. The van der Waals surface area contributed by atoms with Crippen LogP contribution in [0.25, 0.3) is 28.1 Å². The molecule has 1 saturated heterocycles. The van der Waals surface area contributed by atoms with Crippen LogP contribution in [0.2, 0.25) is 5.02 Å². The fraction of sp³-hybridized carbons (Fsp3) is 0.381. The van der Waals surface area contributed by atoms with Crippen LogP contribution >= 0.6 is 11.6 Å². The Balaban J connectivity index is 1.55. The van der Waals surface area contributed by atoms with E-state index in [9.17, 15) is 0 Å². The van der Waals surface area contributed by atoms with Gasteiger partial charge in [0.2, 0.25) is 0 Å². The lowest BCUT2D eigenvalue weighted by atomic mass is 10.2. The van der Waals surface area contributed by atoms with Crippen LogP contribution < -0.4 is 0 Å². The van der Waals surface area contributed by atoms with Crippen LogP contribution in [0.4, 0.5) is 0 Å². The second-order valence-electron chi connectivity index (χ2n) is 7.47. The van der Waals surface area contributed by atoms with Gasteiger partial charge in [-0.1, -0.05) is 11.6 Å². The van der Waals surface area contributed by atoms with Crippen molar-refractivity contribution in [3.63, 3.8) is 0 Å². The molecule has 0 bridgehead atoms. The zero-order valence-corrected chi connectivity index (χ0v) is 17.4. The summed E-state index contributed by atoms with van der Waals surface area (Å²) in [5, 5.41) is 6.40. The standard InChI is InChI=1S/C21H23ClN6O/c1-14-15(2)27(8-7-26-9-11-29-12-10-26)20-18(14)21-24-19(25-28(21)13-23-20)16-3-5-17(22)6-4-16/h3-6,13H,7-12H2,1-2H3. The lowest BCUT2D eigenvalue weighted by Crippen LogP contribution is -2.38. The van der Waals surface area contributed by atoms with Gasteiger partial charge in [0.1, 0.15) is 12.0 Å². The first-order chi connectivity index (χ1) is 14.1. The molecule has 0 spiro atoms. The van der Waals surface area contributed by atoms with Crippen LogP contribution in [0.5, 0.6) is 0 Å². The first kappa shape index (κ1) is 18.5. The lowest BCUT2D eigenvalue weighted by Gasteiger charge is -2.26. The van der Waals surface area contributed by atoms with Crippen molar-refractivity contribution in [1.82, 2.24) is 29.0 Å². The molecular formula is C21H23ClN6O. The van der Waals surface area contributed by atoms with Crippen LogP contribution in [0.3, 0.4) is 0 Å². The molecule has 0 saturated carbocycles. The van der Waals surface area contributed by atoms with E-state index in [1.807, 2.05) is 24.3 Å². The second kappa shape index (κ2) is 7.40. The molecule has 4 heterocycles. The fourth-order valence-electron chi connectivity index (χ4n) is 3.99. The first-order valence-corrected chi connectivity index (χ1v) is 10.3. The van der Waals surface area contributed by atoms with Crippen molar-refractivity contribution in [3.05, 3.63) is 46.9 Å². The van der Waals surface area contributed by atoms with Crippen molar-refractivity contribution in [1.29, 1.82) is 0 Å². The van der Waals surface area contributed by atoms with Gasteiger partial charge in [-0.2, -0.15) is 0 Å². The minimum atomic E-state index is 0.675. The second-order valence-corrected chi connectivity index (χ2v) is 7.91. The van der Waals surface area contributed by atoms with Gasteiger partial charge in [0.25, 0.3) is 0 Å². The number of hydrogen-bond donors (Lipinski definition) is 0. The molecule has 1 fully saturated rings. The highest BCUT2D eigenvalue weighted by Gasteiger charge is 2.19. The quantitative estimate of drug-likeness (QED) is 0.516. The molecule has 4 aromatic rings. The molecular weight excluding hydrogens is 388 g/mol. The maximum Gasteiger partial charge on any atom is 0.182 e. The summed E-state index contributed by atoms with van der Waals surface area (Å²) < 4.78 is 9.53. The molecule has 0 amide bonds. The largest absolute Gasteiger partial charge is 0.379 e. The number of halogens is 1. The normalized spacial score (nSPS) is 15.6. The molecule has 5 rings (SSSR count). The Hall–Kier alpha value is -2.48. The van der Waals surface area contributed by atoms with E-state index in [-0.39, 0.29) is 0 Å². The van der Waals surface area contributed by atoms with E-state index in [0.29, 0.717) is 10.8 Å². The van der Waals surface area contributed by atoms with Crippen molar-refractivity contribution in [2.75, 3.05) is 32.8 Å². The van der Waals surface area contributed by atoms with E-state index < -0.39 is 0 Å². The highest BCUT2D eigenvalue weighted by Crippen LogP contribution is 2.28. The lowest BCUT2D eigenvalue weighted by molar-refractivity contribution is 0.0364. The maximum absolute atomic E-state index is 6.01. The number of fused-ring (bicyclic) bond motifs is 3. The van der Waals surface area contributed by atoms with Gasteiger partial charge in [-0.3, -0.25) is 4.90 Å². The van der Waals surface area contributed by atoms with E-state index in [4.69, 9.17) is 26.3 Å². The minimum Gasteiger partial charge on any atom is -0.379 e. The van der Waals surface area contributed by atoms with Gasteiger partial charge in [0.05, 0.1) is 18.6 Å². The first-order valence-electron chi connectivity index (χ1n) is 9.88. The molecule has 0 radical (unpaired) electrons. The van der Waals surface area contributed by atoms with Crippen LogP contribution in [-0.4, -0.2) is 61.9 Å². The molecule has 1 aliphatic heterocycles. The number of rotatable bonds is 4. The van der Waals surface area contributed by atoms with Gasteiger partial charge >= 0.3 is 0 Å². The third kappa shape index (κ3) is 3.29. The van der Waals surface area contributed by atoms with E-state index >= 15 is 0 Å². The topological polar surface area (TPSA) is 60.5 Å². The Bertz CT molecular complexity index is 1170. The van der Waals surface area contributed by atoms with Crippen molar-refractivity contribution < 1.29 is 4.74 Å². The maximum atomic E-state index is 6.01. The summed E-state index contributed by atoms with van der Waals surface area (Å²) in [4.78, 5) is 12.0. The number of ether oxygens (including phenoxy) is 1. The average molecular weight is 411 g/mol. The van der Waals surface area contributed by atoms with Crippen molar-refractivity contribution in [2.45, 2.75) is 20.4 Å². The zero-order valence-electron chi connectivity index (χ0n) is 16.6. The molecule has 1 aliphatic rings. The minimum absolute atomic E-state index is 0.675. The molecule has 29 heavy (non-hydrogen) atoms. The van der Waals surface area contributed by atoms with Gasteiger partial charge in [-0.15, -0.1) is 5.10 Å². The van der Waals surface area contributed by atoms with Gasteiger partial charge < -0.3 is 9.30 Å². The van der Waals surface area contributed by atoms with Crippen molar-refractivity contribution in [2.24, 2.45) is 0 Å². The van der Waals surface area contributed by atoms with Crippen LogP contribution in [0, 0.1) is 13.8 Å². The highest BCUT2D eigenvalue weighted by molar-refractivity contribution is 6.30. The van der Waals surface area contributed by atoms with Gasteiger partial charge in [0.15, 0.2) is 11.5 Å². The molecule has 8 heteroatoms. The van der Waals surface area contributed by atoms with Crippen molar-refractivity contribution >= 4 is 28.3 Å². The van der Waals surface area contributed by atoms with Gasteiger partial charge in [-0.05, 0) is 43.7 Å². The Morgan fingerprint density at radius 2 is 1.79 bits per heavy atom. The van der Waals surface area contributed by atoms with E-state index in [0.717, 1.165) is 61.6 Å². The molecule has 0 atom stereocenters. The molecule has 1 aromatic carbocycles. The highest BCUT2D eigenvalue weighted by atomic mass is 35.5. The zero-order chi connectivity index (χ0) is 20.0. The Morgan fingerprint density at radius 1 is 1.03 bits per heavy atom. The predicted molar refractivity (Wildman–Crippen MR) is 113 cm³/mol. The molecule has 0 aliphatic carbocycles.